The number of carbonyl (C=O) groups is 3. The summed E-state index contributed by atoms with van der Waals surface area (Å²) in [6.07, 6.45) is 1.12. The van der Waals surface area contributed by atoms with E-state index in [1.807, 2.05) is 55.5 Å². The molecule has 0 radical (unpaired) electrons. The molecular weight excluding hydrogens is 454 g/mol. The average Bonchev–Trinajstić information content (AvgIpc) is 3.29. The molecule has 186 valence electrons. The molecule has 0 bridgehead atoms. The van der Waals surface area contributed by atoms with E-state index in [0.29, 0.717) is 24.5 Å². The standard InChI is InChI=1S/C29H31N3O4/c1-3-21-8-10-24(11-9-21)31-27(33)19-36-26-14-12-25(13-15-26)32-18-23(16-28(32)34)29(35)30-17-22-7-5-4-6-20(22)2/h4-15,23H,3,16-19H2,1-2H3,(H,30,35)(H,31,33)/t23-/m1/s1. The molecule has 7 nitrogen and oxygen atoms in total. The van der Waals surface area contributed by atoms with E-state index in [4.69, 9.17) is 4.74 Å². The lowest BCUT2D eigenvalue weighted by Crippen LogP contribution is -2.32. The van der Waals surface area contributed by atoms with Crippen LogP contribution in [0.15, 0.2) is 72.8 Å². The maximum Gasteiger partial charge on any atom is 0.262 e. The first kappa shape index (κ1) is 25.0. The molecule has 0 spiro atoms. The summed E-state index contributed by atoms with van der Waals surface area (Å²) in [4.78, 5) is 39.1. The summed E-state index contributed by atoms with van der Waals surface area (Å²) in [5.74, 6) is -0.336. The lowest BCUT2D eigenvalue weighted by Gasteiger charge is -2.17. The molecule has 1 saturated heterocycles. The molecule has 3 amide bonds. The van der Waals surface area contributed by atoms with Crippen molar-refractivity contribution >= 4 is 29.1 Å². The number of hydrogen-bond donors (Lipinski definition) is 2. The van der Waals surface area contributed by atoms with Crippen LogP contribution >= 0.6 is 0 Å². The van der Waals surface area contributed by atoms with Crippen molar-refractivity contribution in [1.29, 1.82) is 0 Å². The molecule has 0 aliphatic carbocycles. The number of aryl methyl sites for hydroxylation is 2. The van der Waals surface area contributed by atoms with Gasteiger partial charge in [-0.15, -0.1) is 0 Å². The fraction of sp³-hybridized carbons (Fsp3) is 0.276. The minimum absolute atomic E-state index is 0.0896. The van der Waals surface area contributed by atoms with Gasteiger partial charge in [-0.05, 0) is 66.4 Å². The second-order valence-electron chi connectivity index (χ2n) is 8.93. The van der Waals surface area contributed by atoms with Gasteiger partial charge in [0, 0.05) is 30.9 Å². The van der Waals surface area contributed by atoms with Crippen LogP contribution in [0.4, 0.5) is 11.4 Å². The van der Waals surface area contributed by atoms with E-state index in [9.17, 15) is 14.4 Å². The largest absolute Gasteiger partial charge is 0.484 e. The molecule has 1 fully saturated rings. The number of benzene rings is 3. The number of carbonyl (C=O) groups excluding carboxylic acids is 3. The van der Waals surface area contributed by atoms with Crippen LogP contribution in [-0.4, -0.2) is 30.9 Å². The Bertz CT molecular complexity index is 1220. The highest BCUT2D eigenvalue weighted by Gasteiger charge is 2.35. The van der Waals surface area contributed by atoms with E-state index < -0.39 is 5.92 Å². The summed E-state index contributed by atoms with van der Waals surface area (Å²) in [6, 6.07) is 22.6. The van der Waals surface area contributed by atoms with Gasteiger partial charge in [0.15, 0.2) is 6.61 Å². The first-order valence-corrected chi connectivity index (χ1v) is 12.2. The van der Waals surface area contributed by atoms with Crippen molar-refractivity contribution in [2.45, 2.75) is 33.2 Å². The Morgan fingerprint density at radius 2 is 1.72 bits per heavy atom. The van der Waals surface area contributed by atoms with E-state index >= 15 is 0 Å². The number of nitrogens with zero attached hydrogens (tertiary/aromatic N) is 1. The maximum atomic E-state index is 12.7. The van der Waals surface area contributed by atoms with Gasteiger partial charge >= 0.3 is 0 Å². The second-order valence-corrected chi connectivity index (χ2v) is 8.93. The highest BCUT2D eigenvalue weighted by molar-refractivity contribution is 6.00. The van der Waals surface area contributed by atoms with Crippen LogP contribution in [0.25, 0.3) is 0 Å². The van der Waals surface area contributed by atoms with Gasteiger partial charge in [0.05, 0.1) is 5.92 Å². The Hall–Kier alpha value is -4.13. The predicted molar refractivity (Wildman–Crippen MR) is 140 cm³/mol. The van der Waals surface area contributed by atoms with Crippen molar-refractivity contribution in [3.05, 3.63) is 89.5 Å². The molecule has 0 saturated carbocycles. The Labute approximate surface area is 211 Å². The number of amides is 3. The van der Waals surface area contributed by atoms with Crippen LogP contribution in [0.5, 0.6) is 5.75 Å². The maximum absolute atomic E-state index is 12.7. The average molecular weight is 486 g/mol. The molecule has 2 N–H and O–H groups in total. The third kappa shape index (κ3) is 6.30. The third-order valence-electron chi connectivity index (χ3n) is 6.37. The van der Waals surface area contributed by atoms with Crippen LogP contribution in [0.2, 0.25) is 0 Å². The van der Waals surface area contributed by atoms with Gasteiger partial charge in [0.2, 0.25) is 11.8 Å². The molecule has 1 aliphatic rings. The van der Waals surface area contributed by atoms with Gasteiger partial charge in [0.25, 0.3) is 5.91 Å². The Balaban J connectivity index is 1.26. The van der Waals surface area contributed by atoms with Crippen LogP contribution < -0.4 is 20.3 Å². The summed E-state index contributed by atoms with van der Waals surface area (Å²) < 4.78 is 5.59. The van der Waals surface area contributed by atoms with Gasteiger partial charge < -0.3 is 20.3 Å². The SMILES string of the molecule is CCc1ccc(NC(=O)COc2ccc(N3C[C@H](C(=O)NCc4ccccc4C)CC3=O)cc2)cc1. The minimum atomic E-state index is -0.396. The molecule has 3 aromatic carbocycles. The van der Waals surface area contributed by atoms with Crippen molar-refractivity contribution in [3.63, 3.8) is 0 Å². The van der Waals surface area contributed by atoms with Gasteiger partial charge in [0.1, 0.15) is 5.75 Å². The molecule has 0 unspecified atom stereocenters. The van der Waals surface area contributed by atoms with E-state index in [2.05, 4.69) is 17.6 Å². The molecule has 1 aliphatic heterocycles. The van der Waals surface area contributed by atoms with Gasteiger partial charge in [-0.2, -0.15) is 0 Å². The highest BCUT2D eigenvalue weighted by Crippen LogP contribution is 2.27. The normalized spacial score (nSPS) is 15.0. The second kappa shape index (κ2) is 11.5. The van der Waals surface area contributed by atoms with Crippen molar-refractivity contribution in [2.75, 3.05) is 23.4 Å². The summed E-state index contributed by atoms with van der Waals surface area (Å²) in [5, 5.41) is 5.77. The van der Waals surface area contributed by atoms with Gasteiger partial charge in [-0.1, -0.05) is 43.3 Å². The summed E-state index contributed by atoms with van der Waals surface area (Å²) in [5.41, 5.74) is 4.80. The minimum Gasteiger partial charge on any atom is -0.484 e. The molecular formula is C29H31N3O4. The fourth-order valence-corrected chi connectivity index (χ4v) is 4.16. The third-order valence-corrected chi connectivity index (χ3v) is 6.37. The Morgan fingerprint density at radius 1 is 1.00 bits per heavy atom. The van der Waals surface area contributed by atoms with Crippen molar-refractivity contribution in [1.82, 2.24) is 5.32 Å². The zero-order valence-corrected chi connectivity index (χ0v) is 20.6. The monoisotopic (exact) mass is 485 g/mol. The van der Waals surface area contributed by atoms with Crippen LogP contribution in [0.1, 0.15) is 30.0 Å². The molecule has 1 heterocycles. The topological polar surface area (TPSA) is 87.7 Å². The molecule has 0 aromatic heterocycles. The van der Waals surface area contributed by atoms with Crippen molar-refractivity contribution < 1.29 is 19.1 Å². The number of hydrogen-bond acceptors (Lipinski definition) is 4. The van der Waals surface area contributed by atoms with Gasteiger partial charge in [-0.25, -0.2) is 0 Å². The zero-order chi connectivity index (χ0) is 25.5. The summed E-state index contributed by atoms with van der Waals surface area (Å²) in [6.45, 7) is 4.74. The summed E-state index contributed by atoms with van der Waals surface area (Å²) >= 11 is 0. The van der Waals surface area contributed by atoms with Crippen molar-refractivity contribution in [2.24, 2.45) is 5.92 Å². The van der Waals surface area contributed by atoms with E-state index in [0.717, 1.165) is 23.2 Å². The van der Waals surface area contributed by atoms with E-state index in [-0.39, 0.29) is 30.7 Å². The number of ether oxygens (including phenoxy) is 1. The highest BCUT2D eigenvalue weighted by atomic mass is 16.5. The lowest BCUT2D eigenvalue weighted by atomic mass is 10.1. The first-order chi connectivity index (χ1) is 17.4. The Kier molecular flexibility index (Phi) is 8.00. The predicted octanol–water partition coefficient (Wildman–Crippen LogP) is 4.24. The lowest BCUT2D eigenvalue weighted by molar-refractivity contribution is -0.126. The number of nitrogens with one attached hydrogen (secondary N) is 2. The van der Waals surface area contributed by atoms with Crippen LogP contribution in [0.3, 0.4) is 0 Å². The smallest absolute Gasteiger partial charge is 0.262 e. The number of rotatable bonds is 9. The van der Waals surface area contributed by atoms with E-state index in [1.54, 1.807) is 29.2 Å². The van der Waals surface area contributed by atoms with E-state index in [1.165, 1.54) is 5.56 Å². The first-order valence-electron chi connectivity index (χ1n) is 12.2. The van der Waals surface area contributed by atoms with Crippen LogP contribution in [0, 0.1) is 12.8 Å². The fourth-order valence-electron chi connectivity index (χ4n) is 4.16. The zero-order valence-electron chi connectivity index (χ0n) is 20.6. The Morgan fingerprint density at radius 3 is 2.42 bits per heavy atom. The molecule has 4 rings (SSSR count). The molecule has 1 atom stereocenters. The molecule has 3 aromatic rings. The van der Waals surface area contributed by atoms with Crippen LogP contribution in [-0.2, 0) is 27.3 Å². The summed E-state index contributed by atoms with van der Waals surface area (Å²) in [7, 11) is 0. The molecule has 36 heavy (non-hydrogen) atoms. The van der Waals surface area contributed by atoms with Crippen molar-refractivity contribution in [3.8, 4) is 5.75 Å². The quantitative estimate of drug-likeness (QED) is 0.475. The number of anilines is 2. The molecule has 7 heteroatoms. The van der Waals surface area contributed by atoms with Gasteiger partial charge in [-0.3, -0.25) is 14.4 Å².